The fourth-order valence-corrected chi connectivity index (χ4v) is 1.48. The van der Waals surface area contributed by atoms with Gasteiger partial charge < -0.3 is 4.74 Å². The first kappa shape index (κ1) is 13.4. The predicted molar refractivity (Wildman–Crippen MR) is 63.3 cm³/mol. The molecule has 0 atom stereocenters. The number of nitro benzene ring substituents is 1. The van der Waals surface area contributed by atoms with Gasteiger partial charge in [-0.3, -0.25) is 14.9 Å². The van der Waals surface area contributed by atoms with E-state index in [0.29, 0.717) is 5.75 Å². The minimum Gasteiger partial charge on any atom is -0.426 e. The zero-order chi connectivity index (χ0) is 11.5. The highest BCUT2D eigenvalue weighted by Gasteiger charge is 2.27. The maximum Gasteiger partial charge on any atom is 0.314 e. The van der Waals surface area contributed by atoms with E-state index >= 15 is 0 Å². The topological polar surface area (TPSA) is 69.4 Å². The summed E-state index contributed by atoms with van der Waals surface area (Å²) in [6, 6.07) is 5.52. The number of benzene rings is 1. The van der Waals surface area contributed by atoms with Crippen molar-refractivity contribution in [1.29, 1.82) is 0 Å². The summed E-state index contributed by atoms with van der Waals surface area (Å²) in [4.78, 5) is 21.4. The second-order valence-electron chi connectivity index (χ2n) is 3.80. The van der Waals surface area contributed by atoms with Crippen LogP contribution in [0.5, 0.6) is 5.75 Å². The summed E-state index contributed by atoms with van der Waals surface area (Å²) >= 11 is 0. The highest BCUT2D eigenvalue weighted by Crippen LogP contribution is 2.28. The Bertz CT molecular complexity index is 414. The number of esters is 1. The zero-order valence-corrected chi connectivity index (χ0v) is 9.81. The van der Waals surface area contributed by atoms with Gasteiger partial charge in [-0.1, -0.05) is 6.42 Å². The molecule has 0 aliphatic heterocycles. The van der Waals surface area contributed by atoms with E-state index in [9.17, 15) is 14.9 Å². The van der Waals surface area contributed by atoms with Crippen molar-refractivity contribution in [3.63, 3.8) is 0 Å². The van der Waals surface area contributed by atoms with Crippen LogP contribution >= 0.6 is 12.4 Å². The number of non-ortho nitro benzene ring substituents is 1. The van der Waals surface area contributed by atoms with E-state index in [0.717, 1.165) is 19.3 Å². The third-order valence-electron chi connectivity index (χ3n) is 2.70. The molecule has 0 aromatic heterocycles. The summed E-state index contributed by atoms with van der Waals surface area (Å²) in [5.74, 6) is 0.137. The highest BCUT2D eigenvalue weighted by molar-refractivity contribution is 5.85. The van der Waals surface area contributed by atoms with Gasteiger partial charge in [-0.2, -0.15) is 0 Å². The summed E-state index contributed by atoms with van der Waals surface area (Å²) in [5.41, 5.74) is -0.0107. The minimum atomic E-state index is -0.489. The number of rotatable bonds is 3. The molecule has 1 aromatic carbocycles. The van der Waals surface area contributed by atoms with Gasteiger partial charge >= 0.3 is 5.97 Å². The summed E-state index contributed by atoms with van der Waals surface area (Å²) in [5, 5.41) is 10.4. The van der Waals surface area contributed by atoms with Crippen LogP contribution in [-0.2, 0) is 4.79 Å². The number of carbonyl (C=O) groups is 1. The Balaban J connectivity index is 0.00000144. The van der Waals surface area contributed by atoms with E-state index in [4.69, 9.17) is 4.74 Å². The summed E-state index contributed by atoms with van der Waals surface area (Å²) in [6.07, 6.45) is 2.83. The van der Waals surface area contributed by atoms with Crippen molar-refractivity contribution in [3.8, 4) is 5.75 Å². The first-order valence-electron chi connectivity index (χ1n) is 5.13. The number of nitrogens with zero attached hydrogens (tertiary/aromatic N) is 1. The average Bonchev–Trinajstić information content (AvgIpc) is 2.15. The molecule has 0 N–H and O–H groups in total. The largest absolute Gasteiger partial charge is 0.426 e. The molecule has 6 heteroatoms. The molecule has 92 valence electrons. The van der Waals surface area contributed by atoms with Crippen molar-refractivity contribution in [2.24, 2.45) is 5.92 Å². The fourth-order valence-electron chi connectivity index (χ4n) is 1.48. The van der Waals surface area contributed by atoms with Gasteiger partial charge in [-0.25, -0.2) is 0 Å². The van der Waals surface area contributed by atoms with Crippen molar-refractivity contribution in [2.45, 2.75) is 19.3 Å². The lowest BCUT2D eigenvalue weighted by Gasteiger charge is -2.22. The molecule has 1 aliphatic carbocycles. The molecule has 1 fully saturated rings. The monoisotopic (exact) mass is 257 g/mol. The molecule has 0 heterocycles. The first-order chi connectivity index (χ1) is 7.66. The van der Waals surface area contributed by atoms with Crippen LogP contribution in [0.25, 0.3) is 0 Å². The van der Waals surface area contributed by atoms with E-state index in [1.165, 1.54) is 24.3 Å². The van der Waals surface area contributed by atoms with Crippen LogP contribution in [0, 0.1) is 16.0 Å². The minimum absolute atomic E-state index is 0. The van der Waals surface area contributed by atoms with Crippen LogP contribution in [0.1, 0.15) is 19.3 Å². The normalized spacial score (nSPS) is 14.4. The number of carbonyl (C=O) groups excluding carboxylic acids is 1. The third kappa shape index (κ3) is 3.17. The zero-order valence-electron chi connectivity index (χ0n) is 9.00. The second kappa shape index (κ2) is 5.63. The van der Waals surface area contributed by atoms with Crippen LogP contribution in [0.4, 0.5) is 5.69 Å². The lowest BCUT2D eigenvalue weighted by atomic mass is 9.86. The molecule has 0 saturated heterocycles. The number of halogens is 1. The van der Waals surface area contributed by atoms with Crippen LogP contribution in [0.3, 0.4) is 0 Å². The molecule has 0 unspecified atom stereocenters. The average molecular weight is 258 g/mol. The van der Waals surface area contributed by atoms with Gasteiger partial charge in [0, 0.05) is 12.1 Å². The quantitative estimate of drug-likeness (QED) is 0.361. The molecule has 0 radical (unpaired) electrons. The van der Waals surface area contributed by atoms with Crippen molar-refractivity contribution < 1.29 is 14.5 Å². The Kier molecular flexibility index (Phi) is 4.45. The predicted octanol–water partition coefficient (Wildman–Crippen LogP) is 2.72. The van der Waals surface area contributed by atoms with E-state index in [2.05, 4.69) is 0 Å². The lowest BCUT2D eigenvalue weighted by Crippen LogP contribution is -2.26. The molecule has 1 saturated carbocycles. The van der Waals surface area contributed by atoms with Gasteiger partial charge in [0.1, 0.15) is 5.75 Å². The number of nitro groups is 1. The molecule has 1 aliphatic rings. The molecule has 0 spiro atoms. The lowest BCUT2D eigenvalue weighted by molar-refractivity contribution is -0.384. The molecular weight excluding hydrogens is 246 g/mol. The van der Waals surface area contributed by atoms with Crippen LogP contribution in [-0.4, -0.2) is 10.9 Å². The fraction of sp³-hybridized carbons (Fsp3) is 0.364. The molecule has 5 nitrogen and oxygen atoms in total. The molecule has 0 amide bonds. The Morgan fingerprint density at radius 2 is 1.88 bits per heavy atom. The summed E-state index contributed by atoms with van der Waals surface area (Å²) in [7, 11) is 0. The van der Waals surface area contributed by atoms with Crippen LogP contribution in [0.2, 0.25) is 0 Å². The first-order valence-corrected chi connectivity index (χ1v) is 5.13. The Morgan fingerprint density at radius 3 is 2.29 bits per heavy atom. The van der Waals surface area contributed by atoms with Crippen LogP contribution < -0.4 is 4.74 Å². The van der Waals surface area contributed by atoms with E-state index in [1.54, 1.807) is 0 Å². The molecule has 2 rings (SSSR count). The van der Waals surface area contributed by atoms with Gasteiger partial charge in [0.05, 0.1) is 10.8 Å². The van der Waals surface area contributed by atoms with Gasteiger partial charge in [0.25, 0.3) is 5.69 Å². The molecular formula is C11H12ClNO4. The summed E-state index contributed by atoms with van der Waals surface area (Å²) in [6.45, 7) is 0. The molecule has 17 heavy (non-hydrogen) atoms. The maximum absolute atomic E-state index is 11.5. The van der Waals surface area contributed by atoms with Crippen molar-refractivity contribution in [1.82, 2.24) is 0 Å². The van der Waals surface area contributed by atoms with E-state index < -0.39 is 4.92 Å². The van der Waals surface area contributed by atoms with Gasteiger partial charge in [0.15, 0.2) is 0 Å². The number of hydrogen-bond acceptors (Lipinski definition) is 4. The Labute approximate surface area is 104 Å². The standard InChI is InChI=1S/C11H11NO4.ClH/c13-11(8-2-1-3-8)16-10-6-4-9(5-7-10)12(14)15;/h4-8H,1-3H2;1H. The van der Waals surface area contributed by atoms with Crippen LogP contribution in [0.15, 0.2) is 24.3 Å². The smallest absolute Gasteiger partial charge is 0.314 e. The van der Waals surface area contributed by atoms with Gasteiger partial charge in [0.2, 0.25) is 0 Å². The van der Waals surface area contributed by atoms with Crippen molar-refractivity contribution in [3.05, 3.63) is 34.4 Å². The Hall–Kier alpha value is -1.62. The Morgan fingerprint density at radius 1 is 1.29 bits per heavy atom. The SMILES string of the molecule is Cl.O=C(Oc1ccc([N+](=O)[O-])cc1)C1CCC1. The molecule has 0 bridgehead atoms. The third-order valence-corrected chi connectivity index (χ3v) is 2.70. The van der Waals surface area contributed by atoms with E-state index in [1.807, 2.05) is 0 Å². The summed E-state index contributed by atoms with van der Waals surface area (Å²) < 4.78 is 5.09. The number of ether oxygens (including phenoxy) is 1. The second-order valence-corrected chi connectivity index (χ2v) is 3.80. The van der Waals surface area contributed by atoms with Gasteiger partial charge in [-0.05, 0) is 25.0 Å². The number of hydrogen-bond donors (Lipinski definition) is 0. The van der Waals surface area contributed by atoms with E-state index in [-0.39, 0.29) is 30.0 Å². The van der Waals surface area contributed by atoms with Gasteiger partial charge in [-0.15, -0.1) is 12.4 Å². The van der Waals surface area contributed by atoms with Crippen molar-refractivity contribution >= 4 is 24.1 Å². The maximum atomic E-state index is 11.5. The highest BCUT2D eigenvalue weighted by atomic mass is 35.5. The molecule has 1 aromatic rings. The van der Waals surface area contributed by atoms with Crippen molar-refractivity contribution in [2.75, 3.05) is 0 Å².